The van der Waals surface area contributed by atoms with E-state index in [0.29, 0.717) is 24.4 Å². The number of nitrogens with zero attached hydrogens (tertiary/aromatic N) is 3. The molecule has 0 aliphatic carbocycles. The Morgan fingerprint density at radius 1 is 1.27 bits per heavy atom. The van der Waals surface area contributed by atoms with E-state index in [2.05, 4.69) is 47.3 Å². The maximum Gasteiger partial charge on any atom is 0.0862 e. The number of β-amino-alcohol motifs (C(OH)–C–C–N with tert-alkyl or cyclic N) is 1. The van der Waals surface area contributed by atoms with Gasteiger partial charge in [0.1, 0.15) is 0 Å². The summed E-state index contributed by atoms with van der Waals surface area (Å²) in [7, 11) is 0. The molecule has 3 rings (SSSR count). The first-order chi connectivity index (χ1) is 10.7. The maximum atomic E-state index is 10.4. The van der Waals surface area contributed by atoms with Crippen molar-refractivity contribution in [3.05, 3.63) is 54.4 Å². The van der Waals surface area contributed by atoms with Gasteiger partial charge < -0.3 is 5.11 Å². The molecule has 22 heavy (non-hydrogen) atoms. The van der Waals surface area contributed by atoms with Crippen molar-refractivity contribution in [2.45, 2.75) is 30.9 Å². The van der Waals surface area contributed by atoms with E-state index in [0.717, 1.165) is 12.3 Å². The highest BCUT2D eigenvalue weighted by Gasteiger charge is 2.31. The van der Waals surface area contributed by atoms with Crippen LogP contribution in [-0.4, -0.2) is 50.0 Å². The minimum absolute atomic E-state index is 0.368. The summed E-state index contributed by atoms with van der Waals surface area (Å²) in [5, 5.41) is 15.1. The normalized spacial score (nSPS) is 24.3. The van der Waals surface area contributed by atoms with Crippen LogP contribution in [0.25, 0.3) is 0 Å². The van der Waals surface area contributed by atoms with Crippen LogP contribution in [0.5, 0.6) is 0 Å². The number of benzene rings is 1. The topological polar surface area (TPSA) is 41.3 Å². The molecule has 1 aromatic heterocycles. The van der Waals surface area contributed by atoms with Crippen LogP contribution in [0.4, 0.5) is 0 Å². The Bertz CT molecular complexity index is 561. The summed E-state index contributed by atoms with van der Waals surface area (Å²) in [6.07, 6.45) is 3.24. The Balaban J connectivity index is 1.69. The molecule has 2 aromatic rings. The zero-order valence-electron chi connectivity index (χ0n) is 12.9. The fourth-order valence-electron chi connectivity index (χ4n) is 3.17. The fraction of sp³-hybridized carbons (Fsp3) is 0.471. The second-order valence-electron chi connectivity index (χ2n) is 5.81. The van der Waals surface area contributed by atoms with Gasteiger partial charge in [0, 0.05) is 42.5 Å². The van der Waals surface area contributed by atoms with Gasteiger partial charge in [0.05, 0.1) is 12.6 Å². The van der Waals surface area contributed by atoms with Crippen LogP contribution in [0.2, 0.25) is 0 Å². The molecule has 3 atom stereocenters. The van der Waals surface area contributed by atoms with E-state index in [1.54, 1.807) is 10.9 Å². The van der Waals surface area contributed by atoms with E-state index in [1.807, 2.05) is 24.0 Å². The van der Waals surface area contributed by atoms with Crippen molar-refractivity contribution >= 4 is 11.8 Å². The predicted molar refractivity (Wildman–Crippen MR) is 90.9 cm³/mol. The Morgan fingerprint density at radius 3 is 2.82 bits per heavy atom. The second kappa shape index (κ2) is 7.31. The third kappa shape index (κ3) is 3.72. The molecule has 1 aliphatic rings. The number of aliphatic hydroxyl groups is 1. The van der Waals surface area contributed by atoms with Gasteiger partial charge in [-0.05, 0) is 11.6 Å². The first kappa shape index (κ1) is 15.6. The van der Waals surface area contributed by atoms with Gasteiger partial charge in [0.2, 0.25) is 0 Å². The summed E-state index contributed by atoms with van der Waals surface area (Å²) >= 11 is 2.02. The van der Waals surface area contributed by atoms with Crippen molar-refractivity contribution in [2.24, 2.45) is 0 Å². The Kier molecular flexibility index (Phi) is 5.18. The number of hydrogen-bond acceptors (Lipinski definition) is 4. The van der Waals surface area contributed by atoms with Gasteiger partial charge >= 0.3 is 0 Å². The van der Waals surface area contributed by atoms with Crippen molar-refractivity contribution in [3.63, 3.8) is 0 Å². The lowest BCUT2D eigenvalue weighted by molar-refractivity contribution is 0.0738. The smallest absolute Gasteiger partial charge is 0.0862 e. The molecule has 0 radical (unpaired) electrons. The highest BCUT2D eigenvalue weighted by atomic mass is 32.2. The summed E-state index contributed by atoms with van der Waals surface area (Å²) in [6.45, 7) is 4.54. The van der Waals surface area contributed by atoms with E-state index in [9.17, 15) is 5.11 Å². The minimum Gasteiger partial charge on any atom is -0.390 e. The first-order valence-electron chi connectivity index (χ1n) is 7.80. The summed E-state index contributed by atoms with van der Waals surface area (Å²) in [5.41, 5.74) is 1.34. The standard InChI is InChI=1S/C17H23N3OS/c1-14-17(15-6-3-2-4-7-15)19(10-11-22-14)12-16(21)13-20-9-5-8-18-20/h2-9,14,16-17,21H,10-13H2,1H3/t14-,16-,17-/m0/s1. The van der Waals surface area contributed by atoms with Crippen LogP contribution < -0.4 is 0 Å². The molecule has 1 saturated heterocycles. The first-order valence-corrected chi connectivity index (χ1v) is 8.85. The van der Waals surface area contributed by atoms with Crippen molar-refractivity contribution in [2.75, 3.05) is 18.8 Å². The molecule has 1 N–H and O–H groups in total. The average molecular weight is 317 g/mol. The van der Waals surface area contributed by atoms with Crippen LogP contribution in [-0.2, 0) is 6.54 Å². The lowest BCUT2D eigenvalue weighted by Crippen LogP contribution is -2.44. The van der Waals surface area contributed by atoms with Crippen molar-refractivity contribution < 1.29 is 5.11 Å². The van der Waals surface area contributed by atoms with Crippen molar-refractivity contribution in [1.29, 1.82) is 0 Å². The molecule has 1 fully saturated rings. The predicted octanol–water partition coefficient (Wildman–Crippen LogP) is 2.42. The summed E-state index contributed by atoms with van der Waals surface area (Å²) in [6, 6.07) is 12.9. The van der Waals surface area contributed by atoms with E-state index in [-0.39, 0.29) is 0 Å². The molecule has 4 nitrogen and oxygen atoms in total. The number of thioether (sulfide) groups is 1. The van der Waals surface area contributed by atoms with Gasteiger partial charge in [-0.1, -0.05) is 37.3 Å². The van der Waals surface area contributed by atoms with E-state index in [1.165, 1.54) is 5.56 Å². The van der Waals surface area contributed by atoms with Crippen LogP contribution in [0.1, 0.15) is 18.5 Å². The van der Waals surface area contributed by atoms with Crippen molar-refractivity contribution in [3.8, 4) is 0 Å². The van der Waals surface area contributed by atoms with Crippen LogP contribution >= 0.6 is 11.8 Å². The van der Waals surface area contributed by atoms with Crippen LogP contribution in [0, 0.1) is 0 Å². The molecule has 1 aromatic carbocycles. The monoisotopic (exact) mass is 317 g/mol. The van der Waals surface area contributed by atoms with Gasteiger partial charge in [-0.15, -0.1) is 0 Å². The van der Waals surface area contributed by atoms with E-state index >= 15 is 0 Å². The Labute approximate surface area is 136 Å². The maximum absolute atomic E-state index is 10.4. The van der Waals surface area contributed by atoms with Crippen LogP contribution in [0.15, 0.2) is 48.8 Å². The summed E-state index contributed by atoms with van der Waals surface area (Å²) in [4.78, 5) is 2.42. The third-order valence-corrected chi connectivity index (χ3v) is 5.34. The zero-order valence-corrected chi connectivity index (χ0v) is 13.7. The third-order valence-electron chi connectivity index (χ3n) is 4.14. The van der Waals surface area contributed by atoms with Gasteiger partial charge in [0.15, 0.2) is 0 Å². The quantitative estimate of drug-likeness (QED) is 0.919. The Hall–Kier alpha value is -1.30. The minimum atomic E-state index is -0.401. The fourth-order valence-corrected chi connectivity index (χ4v) is 4.40. The highest BCUT2D eigenvalue weighted by molar-refractivity contribution is 8.00. The molecule has 1 aliphatic heterocycles. The van der Waals surface area contributed by atoms with Crippen LogP contribution in [0.3, 0.4) is 0 Å². The zero-order chi connectivity index (χ0) is 15.4. The van der Waals surface area contributed by atoms with Gasteiger partial charge in [-0.25, -0.2) is 0 Å². The number of aromatic nitrogens is 2. The molecular formula is C17H23N3OS. The van der Waals surface area contributed by atoms with Gasteiger partial charge in [0.25, 0.3) is 0 Å². The van der Waals surface area contributed by atoms with Crippen molar-refractivity contribution in [1.82, 2.24) is 14.7 Å². The number of rotatable bonds is 5. The molecule has 0 bridgehead atoms. The number of hydrogen-bond donors (Lipinski definition) is 1. The lowest BCUT2D eigenvalue weighted by atomic mass is 10.0. The molecule has 2 heterocycles. The SMILES string of the molecule is C[C@@H]1SCCN(C[C@H](O)Cn2cccn2)[C@@H]1c1ccccc1. The largest absolute Gasteiger partial charge is 0.390 e. The lowest BCUT2D eigenvalue weighted by Gasteiger charge is -2.40. The second-order valence-corrected chi connectivity index (χ2v) is 7.29. The molecule has 0 amide bonds. The average Bonchev–Trinajstić information content (AvgIpc) is 3.01. The molecule has 0 unspecified atom stereocenters. The van der Waals surface area contributed by atoms with Gasteiger partial charge in [-0.2, -0.15) is 16.9 Å². The summed E-state index contributed by atoms with van der Waals surface area (Å²) in [5.74, 6) is 1.12. The molecular weight excluding hydrogens is 294 g/mol. The molecule has 118 valence electrons. The van der Waals surface area contributed by atoms with E-state index in [4.69, 9.17) is 0 Å². The highest BCUT2D eigenvalue weighted by Crippen LogP contribution is 2.35. The van der Waals surface area contributed by atoms with Gasteiger partial charge in [-0.3, -0.25) is 9.58 Å². The molecule has 0 saturated carbocycles. The van der Waals surface area contributed by atoms with E-state index < -0.39 is 6.10 Å². The summed E-state index contributed by atoms with van der Waals surface area (Å²) < 4.78 is 1.80. The Morgan fingerprint density at radius 2 is 2.09 bits per heavy atom. The number of aliphatic hydroxyl groups excluding tert-OH is 1. The molecule has 5 heteroatoms. The molecule has 0 spiro atoms.